The summed E-state index contributed by atoms with van der Waals surface area (Å²) in [5.74, 6) is 0.483. The molecule has 1 amide bonds. The van der Waals surface area contributed by atoms with E-state index in [-0.39, 0.29) is 12.3 Å². The summed E-state index contributed by atoms with van der Waals surface area (Å²) >= 11 is 7.34. The molecule has 4 rings (SSSR count). The molecular formula is C20H26N6OS2. The Labute approximate surface area is 179 Å². The largest absolute Gasteiger partial charge is 0.370 e. The molecule has 3 aromatic rings. The maximum Gasteiger partial charge on any atom is 0.217 e. The molecule has 1 fully saturated rings. The van der Waals surface area contributed by atoms with E-state index in [1.54, 1.807) is 0 Å². The van der Waals surface area contributed by atoms with Crippen LogP contribution in [0.3, 0.4) is 0 Å². The normalized spacial score (nSPS) is 15.9. The number of amides is 1. The van der Waals surface area contributed by atoms with Crippen LogP contribution < -0.4 is 5.73 Å². The number of carbonyl (C=O) groups is 1. The average Bonchev–Trinajstić information content (AvgIpc) is 3.24. The van der Waals surface area contributed by atoms with Crippen molar-refractivity contribution in [3.63, 3.8) is 0 Å². The molecule has 154 valence electrons. The standard InChI is InChI=1S/C20H26N6OS2/c1-23-19(7-6-18(21)27)22-26(20(23)28)14-25-10-8-24(9-11-25)12-15-13-29-17-5-3-2-4-16(15)17/h2-5,13H,6-12,14H2,1H3,(H2,21,27). The van der Waals surface area contributed by atoms with Crippen molar-refractivity contribution in [3.8, 4) is 0 Å². The first kappa shape index (κ1) is 20.2. The van der Waals surface area contributed by atoms with Crippen LogP contribution in [0.1, 0.15) is 17.8 Å². The summed E-state index contributed by atoms with van der Waals surface area (Å²) in [6, 6.07) is 8.62. The van der Waals surface area contributed by atoms with Crippen LogP contribution in [-0.2, 0) is 31.5 Å². The monoisotopic (exact) mass is 430 g/mol. The molecule has 7 nitrogen and oxygen atoms in total. The van der Waals surface area contributed by atoms with Gasteiger partial charge in [0.25, 0.3) is 0 Å². The molecule has 1 aromatic carbocycles. The highest BCUT2D eigenvalue weighted by Crippen LogP contribution is 2.27. The minimum Gasteiger partial charge on any atom is -0.370 e. The molecule has 0 atom stereocenters. The third-order valence-electron chi connectivity index (χ3n) is 5.48. The molecule has 1 saturated heterocycles. The first-order valence-electron chi connectivity index (χ1n) is 9.82. The molecule has 0 unspecified atom stereocenters. The van der Waals surface area contributed by atoms with Crippen LogP contribution in [0.25, 0.3) is 10.1 Å². The number of carbonyl (C=O) groups excluding carboxylic acids is 1. The smallest absolute Gasteiger partial charge is 0.217 e. The first-order chi connectivity index (χ1) is 14.0. The average molecular weight is 431 g/mol. The van der Waals surface area contributed by atoms with Gasteiger partial charge in [-0.15, -0.1) is 11.3 Å². The Bertz CT molecular complexity index is 1060. The Hall–Kier alpha value is -2.07. The summed E-state index contributed by atoms with van der Waals surface area (Å²) in [5, 5.41) is 8.27. The van der Waals surface area contributed by atoms with Gasteiger partial charge in [-0.05, 0) is 34.6 Å². The number of aryl methyl sites for hydroxylation is 1. The van der Waals surface area contributed by atoms with Crippen molar-refractivity contribution >= 4 is 39.5 Å². The summed E-state index contributed by atoms with van der Waals surface area (Å²) in [6.45, 7) is 5.70. The van der Waals surface area contributed by atoms with E-state index in [0.29, 0.717) is 17.9 Å². The van der Waals surface area contributed by atoms with Gasteiger partial charge in [0, 0.05) is 57.3 Å². The van der Waals surface area contributed by atoms with Gasteiger partial charge in [0.05, 0.1) is 6.67 Å². The molecule has 0 bridgehead atoms. The SMILES string of the molecule is Cn1c(CCC(N)=O)nn(CN2CCN(Cc3csc4ccccc34)CC2)c1=S. The van der Waals surface area contributed by atoms with E-state index in [1.807, 2.05) is 27.6 Å². The number of primary amides is 1. The Morgan fingerprint density at radius 3 is 2.69 bits per heavy atom. The van der Waals surface area contributed by atoms with Crippen molar-refractivity contribution in [1.29, 1.82) is 0 Å². The molecule has 9 heteroatoms. The second-order valence-electron chi connectivity index (χ2n) is 7.52. The Morgan fingerprint density at radius 1 is 1.21 bits per heavy atom. The van der Waals surface area contributed by atoms with Gasteiger partial charge in [0.15, 0.2) is 4.77 Å². The highest BCUT2D eigenvalue weighted by molar-refractivity contribution is 7.71. The fraction of sp³-hybridized carbons (Fsp3) is 0.450. The molecule has 1 aliphatic rings. The van der Waals surface area contributed by atoms with Gasteiger partial charge in [0.2, 0.25) is 5.91 Å². The molecule has 1 aliphatic heterocycles. The molecular weight excluding hydrogens is 404 g/mol. The lowest BCUT2D eigenvalue weighted by Gasteiger charge is -2.34. The fourth-order valence-corrected chi connectivity index (χ4v) is 4.91. The van der Waals surface area contributed by atoms with Crippen LogP contribution in [0.4, 0.5) is 0 Å². The predicted octanol–water partition coefficient (Wildman–Crippen LogP) is 2.36. The molecule has 2 aromatic heterocycles. The lowest BCUT2D eigenvalue weighted by molar-refractivity contribution is -0.118. The lowest BCUT2D eigenvalue weighted by Crippen LogP contribution is -2.46. The number of nitrogens with zero attached hydrogens (tertiary/aromatic N) is 5. The zero-order valence-corrected chi connectivity index (χ0v) is 18.2. The Morgan fingerprint density at radius 2 is 1.93 bits per heavy atom. The minimum atomic E-state index is -0.319. The number of rotatable bonds is 7. The van der Waals surface area contributed by atoms with Crippen molar-refractivity contribution in [1.82, 2.24) is 24.1 Å². The number of fused-ring (bicyclic) bond motifs is 1. The van der Waals surface area contributed by atoms with Crippen LogP contribution in [-0.4, -0.2) is 56.2 Å². The van der Waals surface area contributed by atoms with Crippen molar-refractivity contribution in [2.24, 2.45) is 12.8 Å². The van der Waals surface area contributed by atoms with Gasteiger partial charge in [0.1, 0.15) is 5.82 Å². The van der Waals surface area contributed by atoms with Crippen LogP contribution in [0.2, 0.25) is 0 Å². The van der Waals surface area contributed by atoms with E-state index < -0.39 is 0 Å². The summed E-state index contributed by atoms with van der Waals surface area (Å²) in [7, 11) is 1.89. The molecule has 0 saturated carbocycles. The molecule has 3 heterocycles. The Kier molecular flexibility index (Phi) is 6.09. The lowest BCUT2D eigenvalue weighted by atomic mass is 10.1. The van der Waals surface area contributed by atoms with Crippen molar-refractivity contribution in [2.45, 2.75) is 26.1 Å². The van der Waals surface area contributed by atoms with Gasteiger partial charge in [-0.1, -0.05) is 18.2 Å². The molecule has 2 N–H and O–H groups in total. The van der Waals surface area contributed by atoms with Gasteiger partial charge >= 0.3 is 0 Å². The number of nitrogens with two attached hydrogens (primary N) is 1. The minimum absolute atomic E-state index is 0.287. The number of thiophene rings is 1. The van der Waals surface area contributed by atoms with E-state index in [9.17, 15) is 4.79 Å². The van der Waals surface area contributed by atoms with Gasteiger partial charge in [-0.2, -0.15) is 5.10 Å². The number of aromatic nitrogens is 3. The highest BCUT2D eigenvalue weighted by Gasteiger charge is 2.19. The maximum atomic E-state index is 11.0. The van der Waals surface area contributed by atoms with Crippen LogP contribution in [0, 0.1) is 4.77 Å². The first-order valence-corrected chi connectivity index (χ1v) is 11.1. The summed E-state index contributed by atoms with van der Waals surface area (Å²) in [6.07, 6.45) is 0.806. The zero-order valence-electron chi connectivity index (χ0n) is 16.6. The number of hydrogen-bond acceptors (Lipinski definition) is 6. The number of piperazine rings is 1. The quantitative estimate of drug-likeness (QED) is 0.583. The van der Waals surface area contributed by atoms with Crippen molar-refractivity contribution in [3.05, 3.63) is 45.8 Å². The fourth-order valence-electron chi connectivity index (χ4n) is 3.75. The summed E-state index contributed by atoms with van der Waals surface area (Å²) in [5.41, 5.74) is 6.68. The van der Waals surface area contributed by atoms with Gasteiger partial charge in [-0.3, -0.25) is 14.6 Å². The van der Waals surface area contributed by atoms with E-state index in [2.05, 4.69) is 44.5 Å². The van der Waals surface area contributed by atoms with Crippen LogP contribution in [0.5, 0.6) is 0 Å². The second kappa shape index (κ2) is 8.74. The number of benzene rings is 1. The van der Waals surface area contributed by atoms with Gasteiger partial charge < -0.3 is 10.3 Å². The summed E-state index contributed by atoms with van der Waals surface area (Å²) < 4.78 is 5.76. The van der Waals surface area contributed by atoms with Crippen molar-refractivity contribution in [2.75, 3.05) is 26.2 Å². The Balaban J connectivity index is 1.34. The molecule has 29 heavy (non-hydrogen) atoms. The third kappa shape index (κ3) is 4.58. The van der Waals surface area contributed by atoms with E-state index in [4.69, 9.17) is 18.0 Å². The summed E-state index contributed by atoms with van der Waals surface area (Å²) in [4.78, 5) is 15.9. The van der Waals surface area contributed by atoms with Crippen LogP contribution in [0.15, 0.2) is 29.6 Å². The zero-order chi connectivity index (χ0) is 20.4. The van der Waals surface area contributed by atoms with E-state index >= 15 is 0 Å². The predicted molar refractivity (Wildman–Crippen MR) is 118 cm³/mol. The second-order valence-corrected chi connectivity index (χ2v) is 8.79. The topological polar surface area (TPSA) is 72.3 Å². The molecule has 0 aliphatic carbocycles. The maximum absolute atomic E-state index is 11.0. The third-order valence-corrected chi connectivity index (χ3v) is 6.98. The van der Waals surface area contributed by atoms with Crippen LogP contribution >= 0.6 is 23.6 Å². The van der Waals surface area contributed by atoms with E-state index in [1.165, 1.54) is 15.6 Å². The van der Waals surface area contributed by atoms with Gasteiger partial charge in [-0.25, -0.2) is 4.68 Å². The van der Waals surface area contributed by atoms with Crippen molar-refractivity contribution < 1.29 is 4.79 Å². The molecule has 0 radical (unpaired) electrons. The highest BCUT2D eigenvalue weighted by atomic mass is 32.1. The number of hydrogen-bond donors (Lipinski definition) is 1. The molecule has 0 spiro atoms. The van der Waals surface area contributed by atoms with E-state index in [0.717, 1.165) is 38.5 Å².